The molecule has 2 saturated heterocycles. The van der Waals surface area contributed by atoms with Crippen LogP contribution < -0.4 is 5.32 Å². The monoisotopic (exact) mass is 331 g/mol. The Hall–Kier alpha value is 0.620. The van der Waals surface area contributed by atoms with E-state index in [1.165, 1.54) is 63.0 Å². The predicted octanol–water partition coefficient (Wildman–Crippen LogP) is 4.33. The van der Waals surface area contributed by atoms with E-state index >= 15 is 0 Å². The fourth-order valence-corrected chi connectivity index (χ4v) is 6.76. The van der Waals surface area contributed by atoms with Gasteiger partial charge >= 0.3 is 0 Å². The highest BCUT2D eigenvalue weighted by Crippen LogP contribution is 2.36. The molecule has 0 aromatic carbocycles. The first kappa shape index (κ1) is 18.0. The summed E-state index contributed by atoms with van der Waals surface area (Å²) in [4.78, 5) is 0. The molecular weight excluding hydrogens is 298 g/mol. The van der Waals surface area contributed by atoms with Crippen LogP contribution in [0.2, 0.25) is 0 Å². The number of thioether (sulfide) groups is 2. The molecule has 0 radical (unpaired) electrons. The van der Waals surface area contributed by atoms with Gasteiger partial charge < -0.3 is 10.1 Å². The van der Waals surface area contributed by atoms with Crippen molar-refractivity contribution in [1.29, 1.82) is 0 Å². The van der Waals surface area contributed by atoms with Gasteiger partial charge in [-0.15, -0.1) is 0 Å². The van der Waals surface area contributed by atoms with Crippen LogP contribution in [0.25, 0.3) is 0 Å². The van der Waals surface area contributed by atoms with Crippen LogP contribution in [-0.4, -0.2) is 47.3 Å². The summed E-state index contributed by atoms with van der Waals surface area (Å²) in [5.74, 6) is 2.68. The second-order valence-electron chi connectivity index (χ2n) is 6.28. The Bertz CT molecular complexity index is 272. The van der Waals surface area contributed by atoms with Crippen LogP contribution in [0.4, 0.5) is 0 Å². The van der Waals surface area contributed by atoms with E-state index in [1.54, 1.807) is 0 Å². The third-order valence-corrected chi connectivity index (χ3v) is 8.02. The fourth-order valence-electron chi connectivity index (χ4n) is 3.46. The molecular formula is C17H33NOS2. The Morgan fingerprint density at radius 3 is 2.81 bits per heavy atom. The van der Waals surface area contributed by atoms with Crippen LogP contribution in [-0.2, 0) is 4.74 Å². The van der Waals surface area contributed by atoms with Crippen LogP contribution >= 0.6 is 23.5 Å². The summed E-state index contributed by atoms with van der Waals surface area (Å²) in [5.41, 5.74) is 0. The van der Waals surface area contributed by atoms with Crippen molar-refractivity contribution >= 4 is 23.5 Å². The average molecular weight is 332 g/mol. The van der Waals surface area contributed by atoms with E-state index in [0.717, 1.165) is 17.1 Å². The van der Waals surface area contributed by atoms with E-state index in [4.69, 9.17) is 4.74 Å². The first-order valence-electron chi connectivity index (χ1n) is 8.93. The highest BCUT2D eigenvalue weighted by Gasteiger charge is 2.31. The lowest BCUT2D eigenvalue weighted by atomic mass is 10.00. The van der Waals surface area contributed by atoms with Gasteiger partial charge in [0.25, 0.3) is 0 Å². The van der Waals surface area contributed by atoms with E-state index < -0.39 is 0 Å². The van der Waals surface area contributed by atoms with Gasteiger partial charge in [0.2, 0.25) is 0 Å². The highest BCUT2D eigenvalue weighted by molar-refractivity contribution is 8.07. The minimum absolute atomic E-state index is 0.562. The molecule has 0 aromatic rings. The zero-order valence-electron chi connectivity index (χ0n) is 13.8. The number of hydrogen-bond donors (Lipinski definition) is 1. The van der Waals surface area contributed by atoms with E-state index in [1.807, 2.05) is 0 Å². The Morgan fingerprint density at radius 2 is 2.10 bits per heavy atom. The van der Waals surface area contributed by atoms with Crippen molar-refractivity contribution in [2.24, 2.45) is 0 Å². The number of nitrogens with one attached hydrogen (secondary N) is 1. The molecule has 124 valence electrons. The minimum Gasteiger partial charge on any atom is -0.378 e. The van der Waals surface area contributed by atoms with Crippen LogP contribution in [0.3, 0.4) is 0 Å². The average Bonchev–Trinajstić information content (AvgIpc) is 3.04. The quantitative estimate of drug-likeness (QED) is 0.678. The topological polar surface area (TPSA) is 21.3 Å². The summed E-state index contributed by atoms with van der Waals surface area (Å²) in [6.45, 7) is 6.80. The first-order valence-corrected chi connectivity index (χ1v) is 11.0. The fraction of sp³-hybridized carbons (Fsp3) is 1.00. The zero-order chi connectivity index (χ0) is 14.9. The highest BCUT2D eigenvalue weighted by atomic mass is 32.2. The lowest BCUT2D eigenvalue weighted by Gasteiger charge is -2.36. The largest absolute Gasteiger partial charge is 0.378 e. The molecule has 0 saturated carbocycles. The third kappa shape index (κ3) is 5.96. The van der Waals surface area contributed by atoms with Crippen LogP contribution in [0.15, 0.2) is 0 Å². The van der Waals surface area contributed by atoms with E-state index in [9.17, 15) is 0 Å². The molecule has 4 heteroatoms. The molecule has 2 heterocycles. The second-order valence-corrected chi connectivity index (χ2v) is 8.91. The summed E-state index contributed by atoms with van der Waals surface area (Å²) in [7, 11) is 0. The van der Waals surface area contributed by atoms with Crippen molar-refractivity contribution in [3.8, 4) is 0 Å². The van der Waals surface area contributed by atoms with Crippen molar-refractivity contribution in [3.63, 3.8) is 0 Å². The Kier molecular flexibility index (Phi) is 8.90. The summed E-state index contributed by atoms with van der Waals surface area (Å²) in [5, 5.41) is 5.51. The van der Waals surface area contributed by atoms with E-state index in [-0.39, 0.29) is 0 Å². The Labute approximate surface area is 139 Å². The zero-order valence-corrected chi connectivity index (χ0v) is 15.4. The lowest BCUT2D eigenvalue weighted by molar-refractivity contribution is 0.101. The molecule has 2 aliphatic heterocycles. The molecule has 4 unspecified atom stereocenters. The normalized spacial score (nSPS) is 31.4. The first-order chi connectivity index (χ1) is 10.3. The maximum Gasteiger partial charge on any atom is 0.0576 e. The standard InChI is InChI=1S/C17H33NOS2/c1-3-10-18-15(9-5-7-14-8-6-11-19-14)17-16(4-2)20-12-13-21-17/h14-18H,3-13H2,1-2H3. The molecule has 2 nitrogen and oxygen atoms in total. The molecule has 21 heavy (non-hydrogen) atoms. The van der Waals surface area contributed by atoms with Gasteiger partial charge in [-0.05, 0) is 51.5 Å². The van der Waals surface area contributed by atoms with Gasteiger partial charge in [-0.2, -0.15) is 23.5 Å². The van der Waals surface area contributed by atoms with Crippen molar-refractivity contribution < 1.29 is 4.74 Å². The molecule has 0 aromatic heterocycles. The maximum atomic E-state index is 5.77. The number of hydrogen-bond acceptors (Lipinski definition) is 4. The van der Waals surface area contributed by atoms with Crippen LogP contribution in [0, 0.1) is 0 Å². The predicted molar refractivity (Wildman–Crippen MR) is 97.7 cm³/mol. The summed E-state index contributed by atoms with van der Waals surface area (Å²) >= 11 is 4.43. The second kappa shape index (κ2) is 10.4. The van der Waals surface area contributed by atoms with Crippen molar-refractivity contribution in [3.05, 3.63) is 0 Å². The van der Waals surface area contributed by atoms with E-state index in [0.29, 0.717) is 12.1 Å². The van der Waals surface area contributed by atoms with E-state index in [2.05, 4.69) is 42.7 Å². The molecule has 0 aliphatic carbocycles. The summed E-state index contributed by atoms with van der Waals surface area (Å²) in [6, 6.07) is 0.703. The van der Waals surface area contributed by atoms with Gasteiger partial charge in [-0.3, -0.25) is 0 Å². The maximum absolute atomic E-state index is 5.77. The minimum atomic E-state index is 0.562. The summed E-state index contributed by atoms with van der Waals surface area (Å²) < 4.78 is 5.77. The van der Waals surface area contributed by atoms with Crippen molar-refractivity contribution in [2.75, 3.05) is 24.7 Å². The molecule has 2 rings (SSSR count). The van der Waals surface area contributed by atoms with Gasteiger partial charge in [-0.25, -0.2) is 0 Å². The van der Waals surface area contributed by atoms with Crippen LogP contribution in [0.1, 0.15) is 58.8 Å². The summed E-state index contributed by atoms with van der Waals surface area (Å²) in [6.07, 6.45) is 9.60. The third-order valence-electron chi connectivity index (χ3n) is 4.61. The Balaban J connectivity index is 1.80. The number of rotatable bonds is 9. The van der Waals surface area contributed by atoms with Gasteiger partial charge in [0, 0.05) is 34.7 Å². The van der Waals surface area contributed by atoms with Crippen LogP contribution in [0.5, 0.6) is 0 Å². The Morgan fingerprint density at radius 1 is 1.24 bits per heavy atom. The smallest absolute Gasteiger partial charge is 0.0576 e. The lowest BCUT2D eigenvalue weighted by Crippen LogP contribution is -2.45. The number of ether oxygens (including phenoxy) is 1. The molecule has 2 fully saturated rings. The molecule has 0 bridgehead atoms. The van der Waals surface area contributed by atoms with Gasteiger partial charge in [0.15, 0.2) is 0 Å². The van der Waals surface area contributed by atoms with Gasteiger partial charge in [0.05, 0.1) is 6.10 Å². The van der Waals surface area contributed by atoms with Gasteiger partial charge in [0.1, 0.15) is 0 Å². The SMILES string of the molecule is CCCNC(CCCC1CCCO1)C1SCCSC1CC. The van der Waals surface area contributed by atoms with Gasteiger partial charge in [-0.1, -0.05) is 13.8 Å². The molecule has 0 amide bonds. The molecule has 1 N–H and O–H groups in total. The molecule has 0 spiro atoms. The van der Waals surface area contributed by atoms with Crippen molar-refractivity contribution in [1.82, 2.24) is 5.32 Å². The molecule has 2 aliphatic rings. The van der Waals surface area contributed by atoms with Crippen molar-refractivity contribution in [2.45, 2.75) is 81.4 Å². The molecule has 4 atom stereocenters.